The van der Waals surface area contributed by atoms with E-state index >= 15 is 0 Å². The molecule has 0 spiro atoms. The summed E-state index contributed by atoms with van der Waals surface area (Å²) in [5.41, 5.74) is 1.23. The molecule has 8 heteroatoms. The predicted octanol–water partition coefficient (Wildman–Crippen LogP) is -5.62. The summed E-state index contributed by atoms with van der Waals surface area (Å²) in [5, 5.41) is 19.8. The molecule has 0 fully saturated rings. The molecule has 0 aliphatic rings. The molecule has 0 radical (unpaired) electrons. The summed E-state index contributed by atoms with van der Waals surface area (Å²) in [5.74, 6) is 0. The number of hydrogen-bond donors (Lipinski definition) is 0. The van der Waals surface area contributed by atoms with Gasteiger partial charge in [0.25, 0.3) is 0 Å². The smallest absolute Gasteiger partial charge is 0.644 e. The number of sulfone groups is 1. The number of nitrogens with zero attached hydrogens (tertiary/aromatic N) is 1. The fourth-order valence-corrected chi connectivity index (χ4v) is 1.57. The molecule has 0 atom stereocenters. The van der Waals surface area contributed by atoms with Gasteiger partial charge in [0.15, 0.2) is 0 Å². The second-order valence-electron chi connectivity index (χ2n) is 2.16. The molecule has 0 saturated heterocycles. The van der Waals surface area contributed by atoms with Crippen LogP contribution in [-0.4, -0.2) is 18.9 Å². The van der Waals surface area contributed by atoms with Crippen LogP contribution < -0.4 is 37.7 Å². The van der Waals surface area contributed by atoms with Crippen molar-refractivity contribution >= 4 is 15.4 Å². The van der Waals surface area contributed by atoms with Crippen molar-refractivity contribution in [1.82, 2.24) is 0 Å². The van der Waals surface area contributed by atoms with Crippen molar-refractivity contribution in [3.05, 3.63) is 40.7 Å². The maximum Gasteiger partial charge on any atom is 1.00 e. The molecule has 0 saturated carbocycles. The summed E-state index contributed by atoms with van der Waals surface area (Å²) in [4.78, 5) is -1.24. The van der Waals surface area contributed by atoms with E-state index in [1.54, 1.807) is 6.07 Å². The fourth-order valence-electron chi connectivity index (χ4n) is 0.750. The van der Waals surface area contributed by atoms with Crippen LogP contribution in [0.2, 0.25) is 0 Å². The van der Waals surface area contributed by atoms with Gasteiger partial charge in [0.2, 0.25) is 0 Å². The fraction of sp³-hybridized carbons (Fsp3) is 0. The Morgan fingerprint density at radius 3 is 1.93 bits per heavy atom. The van der Waals surface area contributed by atoms with E-state index in [9.17, 15) is 18.8 Å². The summed E-state index contributed by atoms with van der Waals surface area (Å²) in [6.45, 7) is 0. The standard InChI is InChI=1S/C7H5NO4S.2Li/c9-8(10)6-13(11,12)7-4-2-1-3-5-7;;/h1-5H;;/q-2;2*+1. The van der Waals surface area contributed by atoms with Gasteiger partial charge in [-0.3, -0.25) is 8.42 Å². The quantitative estimate of drug-likeness (QED) is 0.122. The van der Waals surface area contributed by atoms with E-state index in [0.29, 0.717) is 0 Å². The molecule has 0 bridgehead atoms. The van der Waals surface area contributed by atoms with Crippen LogP contribution in [0.15, 0.2) is 35.2 Å². The molecule has 5 nitrogen and oxygen atoms in total. The molecular weight excluding hydrogens is 208 g/mol. The van der Waals surface area contributed by atoms with E-state index in [0.717, 1.165) is 0 Å². The van der Waals surface area contributed by atoms with Gasteiger partial charge in [0.1, 0.15) is 9.84 Å². The zero-order valence-electron chi connectivity index (χ0n) is 8.38. The SMILES string of the molecule is O=S(=O)([C-]=[N+]([O-])[O-])c1ccccc1.[Li+].[Li+]. The van der Waals surface area contributed by atoms with E-state index < -0.39 is 14.7 Å². The normalized spacial score (nSPS) is 9.33. The monoisotopic (exact) mass is 213 g/mol. The summed E-state index contributed by atoms with van der Waals surface area (Å²) < 4.78 is 22.2. The molecule has 0 heterocycles. The molecule has 0 aliphatic carbocycles. The van der Waals surface area contributed by atoms with Gasteiger partial charge in [-0.1, -0.05) is 18.2 Å². The number of hydrogen-bond acceptors (Lipinski definition) is 4. The first-order valence-corrected chi connectivity index (χ1v) is 4.72. The molecule has 15 heavy (non-hydrogen) atoms. The van der Waals surface area contributed by atoms with Crippen molar-refractivity contribution in [3.8, 4) is 0 Å². The van der Waals surface area contributed by atoms with Crippen LogP contribution >= 0.6 is 0 Å². The molecule has 70 valence electrons. The molecule has 0 N–H and O–H groups in total. The van der Waals surface area contributed by atoms with Gasteiger partial charge in [-0.25, -0.2) is 0 Å². The van der Waals surface area contributed by atoms with E-state index in [1.807, 2.05) is 0 Å². The van der Waals surface area contributed by atoms with Crippen LogP contribution in [0.25, 0.3) is 0 Å². The van der Waals surface area contributed by atoms with Crippen LogP contribution in [0, 0.1) is 10.4 Å². The van der Waals surface area contributed by atoms with Crippen molar-refractivity contribution < 1.29 is 51.0 Å². The minimum absolute atomic E-state index is 0. The Kier molecular flexibility index (Phi) is 7.95. The first kappa shape index (κ1) is 17.0. The Hall–Kier alpha value is -0.365. The second-order valence-corrected chi connectivity index (χ2v) is 3.83. The van der Waals surface area contributed by atoms with E-state index in [-0.39, 0.29) is 42.6 Å². The van der Waals surface area contributed by atoms with Crippen LogP contribution in [0.5, 0.6) is 0 Å². The van der Waals surface area contributed by atoms with Gasteiger partial charge < -0.3 is 15.3 Å². The van der Waals surface area contributed by atoms with Gasteiger partial charge in [-0.05, 0) is 17.7 Å². The molecular formula is C7H5Li2NO4S. The predicted molar refractivity (Wildman–Crippen MR) is 45.6 cm³/mol. The number of rotatable bonds is 2. The largest absolute Gasteiger partial charge is 1.00 e. The number of benzene rings is 1. The van der Waals surface area contributed by atoms with Crippen LogP contribution in [0.1, 0.15) is 0 Å². The van der Waals surface area contributed by atoms with Crippen LogP contribution in [-0.2, 0) is 9.84 Å². The summed E-state index contributed by atoms with van der Waals surface area (Å²) in [6, 6.07) is 7.12. The van der Waals surface area contributed by atoms with E-state index in [1.165, 1.54) is 29.8 Å². The Bertz CT molecular complexity index is 414. The van der Waals surface area contributed by atoms with Crippen molar-refractivity contribution in [3.63, 3.8) is 0 Å². The van der Waals surface area contributed by atoms with Gasteiger partial charge in [0, 0.05) is 4.90 Å². The topological polar surface area (TPSA) is 83.3 Å². The van der Waals surface area contributed by atoms with Crippen molar-refractivity contribution in [1.29, 1.82) is 0 Å². The van der Waals surface area contributed by atoms with Gasteiger partial charge in [-0.2, -0.15) is 0 Å². The molecule has 1 rings (SSSR count). The van der Waals surface area contributed by atoms with Gasteiger partial charge in [0.05, 0.1) is 0 Å². The average molecular weight is 213 g/mol. The van der Waals surface area contributed by atoms with E-state index in [2.05, 4.69) is 0 Å². The molecule has 1 aromatic carbocycles. The zero-order chi connectivity index (χ0) is 9.90. The minimum atomic E-state index is -4.01. The average Bonchev–Trinajstić information content (AvgIpc) is 2.04. The van der Waals surface area contributed by atoms with Crippen molar-refractivity contribution in [2.24, 2.45) is 0 Å². The Morgan fingerprint density at radius 1 is 1.07 bits per heavy atom. The maximum atomic E-state index is 11.1. The Morgan fingerprint density at radius 2 is 1.53 bits per heavy atom. The van der Waals surface area contributed by atoms with E-state index in [4.69, 9.17) is 0 Å². The molecule has 0 aliphatic heterocycles. The zero-order valence-corrected chi connectivity index (χ0v) is 9.19. The minimum Gasteiger partial charge on any atom is -0.644 e. The Labute approximate surface area is 112 Å². The molecule has 0 amide bonds. The third-order valence-electron chi connectivity index (χ3n) is 1.25. The summed E-state index contributed by atoms with van der Waals surface area (Å²) in [6.07, 6.45) is 0. The first-order valence-electron chi connectivity index (χ1n) is 3.24. The second kappa shape index (κ2) is 7.00. The van der Waals surface area contributed by atoms with Crippen LogP contribution in [0.4, 0.5) is 0 Å². The molecule has 0 aromatic heterocycles. The summed E-state index contributed by atoms with van der Waals surface area (Å²) >= 11 is 0. The van der Waals surface area contributed by atoms with Crippen molar-refractivity contribution in [2.45, 2.75) is 4.90 Å². The third-order valence-corrected chi connectivity index (χ3v) is 2.53. The first-order chi connectivity index (χ1) is 6.02. The van der Waals surface area contributed by atoms with Crippen LogP contribution in [0.3, 0.4) is 0 Å². The molecule has 1 aromatic rings. The van der Waals surface area contributed by atoms with Crippen molar-refractivity contribution in [2.75, 3.05) is 0 Å². The summed E-state index contributed by atoms with van der Waals surface area (Å²) in [7, 11) is -4.01. The Balaban J connectivity index is 0. The van der Waals surface area contributed by atoms with Gasteiger partial charge in [-0.15, -0.1) is 0 Å². The maximum absolute atomic E-state index is 11.1. The molecule has 0 unspecified atom stereocenters. The third kappa shape index (κ3) is 5.32. The van der Waals surface area contributed by atoms with Gasteiger partial charge >= 0.3 is 37.7 Å².